The number of nitrogens with zero attached hydrogens (tertiary/aromatic N) is 3. The van der Waals surface area contributed by atoms with E-state index in [2.05, 4.69) is 15.5 Å². The third-order valence-electron chi connectivity index (χ3n) is 3.72. The number of Topliss-reactive ketones (excluding diaryl/α,β-unsaturated/α-hetero) is 1. The molecule has 0 saturated carbocycles. The fourth-order valence-corrected chi connectivity index (χ4v) is 4.10. The monoisotopic (exact) mass is 404 g/mol. The molecule has 27 heavy (non-hydrogen) atoms. The van der Waals surface area contributed by atoms with E-state index in [1.165, 1.54) is 42.2 Å². The zero-order valence-electron chi connectivity index (χ0n) is 14.7. The maximum absolute atomic E-state index is 13.1. The predicted molar refractivity (Wildman–Crippen MR) is 103 cm³/mol. The predicted octanol–water partition coefficient (Wildman–Crippen LogP) is 3.29. The first-order valence-corrected chi connectivity index (χ1v) is 9.88. The molecule has 0 spiro atoms. The summed E-state index contributed by atoms with van der Waals surface area (Å²) in [5.74, 6) is 0.417. The van der Waals surface area contributed by atoms with E-state index in [0.717, 1.165) is 10.4 Å². The van der Waals surface area contributed by atoms with Crippen molar-refractivity contribution in [3.05, 3.63) is 52.0 Å². The minimum Gasteiger partial charge on any atom is -0.351 e. The van der Waals surface area contributed by atoms with Gasteiger partial charge in [0, 0.05) is 24.4 Å². The van der Waals surface area contributed by atoms with Crippen molar-refractivity contribution in [2.24, 2.45) is 7.05 Å². The molecule has 9 heteroatoms. The summed E-state index contributed by atoms with van der Waals surface area (Å²) in [5, 5.41) is 11.6. The maximum atomic E-state index is 13.1. The van der Waals surface area contributed by atoms with Gasteiger partial charge in [-0.3, -0.25) is 9.59 Å². The Kier molecular flexibility index (Phi) is 6.02. The number of carbonyl (C=O) groups excluding carboxylic acids is 2. The number of benzene rings is 1. The van der Waals surface area contributed by atoms with Crippen molar-refractivity contribution in [2.45, 2.75) is 18.6 Å². The average Bonchev–Trinajstić information content (AvgIpc) is 3.26. The van der Waals surface area contributed by atoms with Crippen LogP contribution in [0.2, 0.25) is 0 Å². The van der Waals surface area contributed by atoms with Crippen LogP contribution < -0.4 is 5.32 Å². The second-order valence-corrected chi connectivity index (χ2v) is 7.87. The number of ketones is 1. The second kappa shape index (κ2) is 8.45. The number of thiophene rings is 1. The average molecular weight is 404 g/mol. The van der Waals surface area contributed by atoms with Crippen LogP contribution in [0.4, 0.5) is 4.39 Å². The second-order valence-electron chi connectivity index (χ2n) is 5.76. The van der Waals surface area contributed by atoms with Crippen LogP contribution in [0.15, 0.2) is 41.6 Å². The Balaban J connectivity index is 1.62. The third-order valence-corrected chi connectivity index (χ3v) is 5.86. The summed E-state index contributed by atoms with van der Waals surface area (Å²) < 4.78 is 14.8. The summed E-state index contributed by atoms with van der Waals surface area (Å²) >= 11 is 2.67. The zero-order chi connectivity index (χ0) is 19.4. The van der Waals surface area contributed by atoms with Gasteiger partial charge in [0.15, 0.2) is 16.8 Å². The van der Waals surface area contributed by atoms with Gasteiger partial charge in [0.05, 0.1) is 17.2 Å². The molecule has 1 amide bonds. The Morgan fingerprint density at radius 1 is 1.19 bits per heavy atom. The van der Waals surface area contributed by atoms with Crippen molar-refractivity contribution in [1.82, 2.24) is 20.1 Å². The number of thioether (sulfide) groups is 1. The van der Waals surface area contributed by atoms with Crippen LogP contribution in [-0.4, -0.2) is 32.2 Å². The number of aromatic nitrogens is 3. The highest BCUT2D eigenvalue weighted by molar-refractivity contribution is 7.99. The molecule has 2 heterocycles. The molecule has 3 aromatic rings. The molecule has 0 fully saturated rings. The highest BCUT2D eigenvalue weighted by Crippen LogP contribution is 2.25. The molecule has 0 bridgehead atoms. The first-order valence-electron chi connectivity index (χ1n) is 8.08. The van der Waals surface area contributed by atoms with Gasteiger partial charge in [0.1, 0.15) is 5.82 Å². The van der Waals surface area contributed by atoms with Crippen LogP contribution in [0, 0.1) is 5.82 Å². The van der Waals surface area contributed by atoms with Gasteiger partial charge in [-0.1, -0.05) is 11.8 Å². The lowest BCUT2D eigenvalue weighted by molar-refractivity contribution is -0.119. The highest BCUT2D eigenvalue weighted by Gasteiger charge is 2.15. The van der Waals surface area contributed by atoms with Gasteiger partial charge >= 0.3 is 0 Å². The van der Waals surface area contributed by atoms with Crippen molar-refractivity contribution in [2.75, 3.05) is 5.75 Å². The minimum absolute atomic E-state index is 0.00888. The number of nitrogens with one attached hydrogen (secondary N) is 1. The smallest absolute Gasteiger partial charge is 0.217 e. The number of hydrogen-bond donors (Lipinski definition) is 1. The molecule has 1 aromatic carbocycles. The van der Waals surface area contributed by atoms with E-state index in [1.807, 2.05) is 13.1 Å². The van der Waals surface area contributed by atoms with E-state index < -0.39 is 0 Å². The standard InChI is InChI=1S/C18H17FN4O2S2/c1-11(24)20-9-14-7-8-16(27-14)15(25)10-26-18-22-21-17(23(18)2)12-3-5-13(19)6-4-12/h3-8H,9-10H2,1-2H3,(H,20,24). The summed E-state index contributed by atoms with van der Waals surface area (Å²) in [4.78, 5) is 24.9. The molecule has 0 saturated heterocycles. The highest BCUT2D eigenvalue weighted by atomic mass is 32.2. The van der Waals surface area contributed by atoms with Crippen LogP contribution in [0.3, 0.4) is 0 Å². The van der Waals surface area contributed by atoms with E-state index in [1.54, 1.807) is 22.8 Å². The van der Waals surface area contributed by atoms with Gasteiger partial charge in [-0.05, 0) is 36.4 Å². The van der Waals surface area contributed by atoms with Crippen molar-refractivity contribution in [3.63, 3.8) is 0 Å². The molecule has 0 unspecified atom stereocenters. The molecule has 0 aliphatic rings. The maximum Gasteiger partial charge on any atom is 0.217 e. The van der Waals surface area contributed by atoms with Gasteiger partial charge < -0.3 is 9.88 Å². The van der Waals surface area contributed by atoms with Crippen LogP contribution >= 0.6 is 23.1 Å². The van der Waals surface area contributed by atoms with E-state index in [-0.39, 0.29) is 23.3 Å². The normalized spacial score (nSPS) is 10.8. The zero-order valence-corrected chi connectivity index (χ0v) is 16.4. The summed E-state index contributed by atoms with van der Waals surface area (Å²) in [5.41, 5.74) is 0.755. The van der Waals surface area contributed by atoms with Crippen molar-refractivity contribution < 1.29 is 14.0 Å². The van der Waals surface area contributed by atoms with E-state index >= 15 is 0 Å². The van der Waals surface area contributed by atoms with Crippen molar-refractivity contribution in [1.29, 1.82) is 0 Å². The van der Waals surface area contributed by atoms with Crippen molar-refractivity contribution in [3.8, 4) is 11.4 Å². The van der Waals surface area contributed by atoms with Crippen molar-refractivity contribution >= 4 is 34.8 Å². The Hall–Kier alpha value is -2.52. The van der Waals surface area contributed by atoms with Crippen LogP contribution in [0.25, 0.3) is 11.4 Å². The Labute approximate surface area is 163 Å². The molecule has 0 aliphatic carbocycles. The fraction of sp³-hybridized carbons (Fsp3) is 0.222. The Bertz CT molecular complexity index is 966. The number of halogens is 1. The van der Waals surface area contributed by atoms with E-state index in [9.17, 15) is 14.0 Å². The van der Waals surface area contributed by atoms with E-state index in [4.69, 9.17) is 0 Å². The number of amides is 1. The summed E-state index contributed by atoms with van der Waals surface area (Å²) in [6.45, 7) is 1.88. The molecular formula is C18H17FN4O2S2. The lowest BCUT2D eigenvalue weighted by Crippen LogP contribution is -2.18. The summed E-state index contributed by atoms with van der Waals surface area (Å²) in [6.07, 6.45) is 0. The molecule has 0 atom stereocenters. The minimum atomic E-state index is -0.310. The molecular weight excluding hydrogens is 387 g/mol. The van der Waals surface area contributed by atoms with Gasteiger partial charge in [0.2, 0.25) is 5.91 Å². The number of hydrogen-bond acceptors (Lipinski definition) is 6. The molecule has 2 aromatic heterocycles. The Morgan fingerprint density at radius 2 is 1.93 bits per heavy atom. The molecule has 6 nitrogen and oxygen atoms in total. The van der Waals surface area contributed by atoms with Gasteiger partial charge in [-0.15, -0.1) is 21.5 Å². The summed E-state index contributed by atoms with van der Waals surface area (Å²) in [7, 11) is 1.81. The molecule has 0 radical (unpaired) electrons. The molecule has 3 rings (SSSR count). The number of rotatable bonds is 7. The van der Waals surface area contributed by atoms with Crippen LogP contribution in [-0.2, 0) is 18.4 Å². The molecule has 0 aliphatic heterocycles. The number of carbonyl (C=O) groups is 2. The largest absolute Gasteiger partial charge is 0.351 e. The summed E-state index contributed by atoms with van der Waals surface area (Å²) in [6, 6.07) is 9.63. The SMILES string of the molecule is CC(=O)NCc1ccc(C(=O)CSc2nnc(-c3ccc(F)cc3)n2C)s1. The molecule has 140 valence electrons. The lowest BCUT2D eigenvalue weighted by Gasteiger charge is -2.03. The quantitative estimate of drug-likeness (QED) is 0.483. The first-order chi connectivity index (χ1) is 12.9. The third kappa shape index (κ3) is 4.81. The van der Waals surface area contributed by atoms with Gasteiger partial charge in [-0.25, -0.2) is 4.39 Å². The van der Waals surface area contributed by atoms with Crippen LogP contribution in [0.1, 0.15) is 21.5 Å². The fourth-order valence-electron chi connectivity index (χ4n) is 2.33. The topological polar surface area (TPSA) is 76.9 Å². The first kappa shape index (κ1) is 19.2. The lowest BCUT2D eigenvalue weighted by atomic mass is 10.2. The van der Waals surface area contributed by atoms with E-state index in [0.29, 0.717) is 22.4 Å². The molecule has 1 N–H and O–H groups in total. The van der Waals surface area contributed by atoms with Gasteiger partial charge in [0.25, 0.3) is 0 Å². The van der Waals surface area contributed by atoms with Gasteiger partial charge in [-0.2, -0.15) is 0 Å². The Morgan fingerprint density at radius 3 is 2.63 bits per heavy atom. The van der Waals surface area contributed by atoms with Crippen LogP contribution in [0.5, 0.6) is 0 Å².